The molecule has 8 aromatic carbocycles. The van der Waals surface area contributed by atoms with E-state index in [4.69, 9.17) is 0 Å². The molecule has 0 saturated heterocycles. The van der Waals surface area contributed by atoms with E-state index in [9.17, 15) is 0 Å². The highest BCUT2D eigenvalue weighted by molar-refractivity contribution is 7.26. The Morgan fingerprint density at radius 1 is 0.429 bits per heavy atom. The summed E-state index contributed by atoms with van der Waals surface area (Å²) in [5.41, 5.74) is 11.3. The fourth-order valence-electron chi connectivity index (χ4n) is 8.21. The molecule has 0 aliphatic heterocycles. The standard InChI is InChI=1S/C47H33NS/c1-47(2)41-14-8-6-12-38(41)39-26-24-36(29-42(39)47)48(34-21-18-31(19-22-34)30-10-4-3-5-11-30)35-23-25-37-33(28-35)17-16-32-20-27-44-46(45(32)37)40-13-7-9-15-43(40)49-44/h3-29H,1-2H3. The Balaban J connectivity index is 1.17. The lowest BCUT2D eigenvalue weighted by Crippen LogP contribution is -2.16. The Kier molecular flexibility index (Phi) is 6.16. The van der Waals surface area contributed by atoms with Crippen LogP contribution in [0.4, 0.5) is 17.1 Å². The molecule has 1 aliphatic rings. The first-order chi connectivity index (χ1) is 24.0. The Morgan fingerprint density at radius 2 is 1.08 bits per heavy atom. The molecule has 10 rings (SSSR count). The van der Waals surface area contributed by atoms with Crippen molar-refractivity contribution in [1.82, 2.24) is 0 Å². The van der Waals surface area contributed by atoms with Crippen LogP contribution in [-0.2, 0) is 5.41 Å². The first-order valence-corrected chi connectivity index (χ1v) is 17.8. The van der Waals surface area contributed by atoms with Crippen molar-refractivity contribution in [3.8, 4) is 22.3 Å². The highest BCUT2D eigenvalue weighted by Gasteiger charge is 2.35. The Labute approximate surface area is 290 Å². The van der Waals surface area contributed by atoms with Gasteiger partial charge in [-0.15, -0.1) is 11.3 Å². The summed E-state index contributed by atoms with van der Waals surface area (Å²) in [7, 11) is 0. The number of nitrogens with zero attached hydrogens (tertiary/aromatic N) is 1. The zero-order valence-corrected chi connectivity index (χ0v) is 28.3. The first-order valence-electron chi connectivity index (χ1n) is 17.0. The maximum Gasteiger partial charge on any atom is 0.0468 e. The van der Waals surface area contributed by atoms with Crippen molar-refractivity contribution in [2.75, 3.05) is 4.90 Å². The molecule has 0 bridgehead atoms. The van der Waals surface area contributed by atoms with Gasteiger partial charge >= 0.3 is 0 Å². The van der Waals surface area contributed by atoms with Crippen LogP contribution in [0.2, 0.25) is 0 Å². The smallest absolute Gasteiger partial charge is 0.0468 e. The van der Waals surface area contributed by atoms with E-state index in [1.54, 1.807) is 0 Å². The molecule has 0 N–H and O–H groups in total. The predicted octanol–water partition coefficient (Wildman–Crippen LogP) is 13.8. The number of thiophene rings is 1. The van der Waals surface area contributed by atoms with Gasteiger partial charge in [0.25, 0.3) is 0 Å². The van der Waals surface area contributed by atoms with E-state index < -0.39 is 0 Å². The van der Waals surface area contributed by atoms with Crippen LogP contribution >= 0.6 is 11.3 Å². The van der Waals surface area contributed by atoms with Crippen LogP contribution in [-0.4, -0.2) is 0 Å². The number of anilines is 3. The van der Waals surface area contributed by atoms with Crippen LogP contribution in [0.15, 0.2) is 164 Å². The van der Waals surface area contributed by atoms with Gasteiger partial charge in [0.05, 0.1) is 0 Å². The normalized spacial score (nSPS) is 13.3. The van der Waals surface area contributed by atoms with Gasteiger partial charge < -0.3 is 4.90 Å². The van der Waals surface area contributed by atoms with Crippen LogP contribution in [0.25, 0.3) is 64.0 Å². The summed E-state index contributed by atoms with van der Waals surface area (Å²) < 4.78 is 2.68. The van der Waals surface area contributed by atoms with Crippen molar-refractivity contribution >= 4 is 70.1 Å². The second kappa shape index (κ2) is 10.7. The summed E-state index contributed by atoms with van der Waals surface area (Å²) >= 11 is 1.88. The summed E-state index contributed by atoms with van der Waals surface area (Å²) in [4.78, 5) is 2.43. The van der Waals surface area contributed by atoms with E-state index in [0.717, 1.165) is 11.4 Å². The van der Waals surface area contributed by atoms with Gasteiger partial charge in [-0.25, -0.2) is 0 Å². The van der Waals surface area contributed by atoms with Gasteiger partial charge in [-0.2, -0.15) is 0 Å². The molecule has 0 atom stereocenters. The molecule has 1 heterocycles. The molecule has 0 saturated carbocycles. The van der Waals surface area contributed by atoms with E-state index in [-0.39, 0.29) is 5.41 Å². The second-order valence-electron chi connectivity index (χ2n) is 13.8. The fraction of sp³-hybridized carbons (Fsp3) is 0.0638. The zero-order chi connectivity index (χ0) is 32.7. The highest BCUT2D eigenvalue weighted by atomic mass is 32.1. The summed E-state index contributed by atoms with van der Waals surface area (Å²) in [5.74, 6) is 0. The Hall–Kier alpha value is -5.70. The molecule has 232 valence electrons. The molecule has 49 heavy (non-hydrogen) atoms. The molecule has 0 amide bonds. The fourth-order valence-corrected chi connectivity index (χ4v) is 9.32. The van der Waals surface area contributed by atoms with Crippen molar-refractivity contribution in [2.24, 2.45) is 0 Å². The van der Waals surface area contributed by atoms with Crippen molar-refractivity contribution in [2.45, 2.75) is 19.3 Å². The quantitative estimate of drug-likeness (QED) is 0.173. The molecular formula is C47H33NS. The van der Waals surface area contributed by atoms with Gasteiger partial charge in [0, 0.05) is 42.6 Å². The third-order valence-electron chi connectivity index (χ3n) is 10.6. The molecular weight excluding hydrogens is 611 g/mol. The second-order valence-corrected chi connectivity index (χ2v) is 14.8. The Bertz CT molecular complexity index is 2730. The van der Waals surface area contributed by atoms with Gasteiger partial charge in [-0.1, -0.05) is 129 Å². The third kappa shape index (κ3) is 4.31. The van der Waals surface area contributed by atoms with Crippen LogP contribution in [0.5, 0.6) is 0 Å². The van der Waals surface area contributed by atoms with Gasteiger partial charge in [-0.05, 0) is 103 Å². The average molecular weight is 644 g/mol. The molecule has 9 aromatic rings. The minimum atomic E-state index is -0.0816. The highest BCUT2D eigenvalue weighted by Crippen LogP contribution is 2.51. The third-order valence-corrected chi connectivity index (χ3v) is 11.8. The first kappa shape index (κ1) is 28.3. The van der Waals surface area contributed by atoms with E-state index in [0.29, 0.717) is 0 Å². The summed E-state index contributed by atoms with van der Waals surface area (Å²) in [5, 5.41) is 7.87. The van der Waals surface area contributed by atoms with Crippen molar-refractivity contribution < 1.29 is 0 Å². The van der Waals surface area contributed by atoms with Crippen molar-refractivity contribution in [3.63, 3.8) is 0 Å². The maximum atomic E-state index is 2.43. The van der Waals surface area contributed by atoms with Crippen LogP contribution < -0.4 is 4.90 Å². The van der Waals surface area contributed by atoms with Gasteiger partial charge in [0.1, 0.15) is 0 Å². The predicted molar refractivity (Wildman–Crippen MR) is 212 cm³/mol. The van der Waals surface area contributed by atoms with Crippen molar-refractivity contribution in [3.05, 3.63) is 175 Å². The number of rotatable bonds is 4. The van der Waals surface area contributed by atoms with E-state index in [2.05, 4.69) is 183 Å². The molecule has 0 fully saturated rings. The lowest BCUT2D eigenvalue weighted by atomic mass is 9.82. The molecule has 1 nitrogen and oxygen atoms in total. The minimum Gasteiger partial charge on any atom is -0.310 e. The average Bonchev–Trinajstić information content (AvgIpc) is 3.64. The van der Waals surface area contributed by atoms with Gasteiger partial charge in [0.15, 0.2) is 0 Å². The van der Waals surface area contributed by atoms with E-state index in [1.165, 1.54) is 80.8 Å². The SMILES string of the molecule is CC1(C)c2ccccc2-c2ccc(N(c3ccc(-c4ccccc4)cc3)c3ccc4c(ccc5ccc6sc7ccccc7c6c54)c3)cc21. The zero-order valence-electron chi connectivity index (χ0n) is 27.4. The molecule has 1 aromatic heterocycles. The summed E-state index contributed by atoms with van der Waals surface area (Å²) in [6.07, 6.45) is 0. The molecule has 0 spiro atoms. The molecule has 0 unspecified atom stereocenters. The molecule has 0 radical (unpaired) electrons. The van der Waals surface area contributed by atoms with Crippen molar-refractivity contribution in [1.29, 1.82) is 0 Å². The number of hydrogen-bond donors (Lipinski definition) is 0. The summed E-state index contributed by atoms with van der Waals surface area (Å²) in [6.45, 7) is 4.72. The van der Waals surface area contributed by atoms with E-state index >= 15 is 0 Å². The van der Waals surface area contributed by atoms with Crippen LogP contribution in [0.1, 0.15) is 25.0 Å². The monoisotopic (exact) mass is 643 g/mol. The minimum absolute atomic E-state index is 0.0816. The van der Waals surface area contributed by atoms with Crippen LogP contribution in [0, 0.1) is 0 Å². The number of benzene rings is 8. The molecule has 1 aliphatic carbocycles. The largest absolute Gasteiger partial charge is 0.310 e. The topological polar surface area (TPSA) is 3.24 Å². The molecule has 2 heteroatoms. The van der Waals surface area contributed by atoms with Gasteiger partial charge in [0.2, 0.25) is 0 Å². The van der Waals surface area contributed by atoms with Gasteiger partial charge in [-0.3, -0.25) is 0 Å². The number of fused-ring (bicyclic) bond motifs is 10. The lowest BCUT2D eigenvalue weighted by molar-refractivity contribution is 0.660. The summed E-state index contributed by atoms with van der Waals surface area (Å²) in [6, 6.07) is 60.6. The van der Waals surface area contributed by atoms with E-state index in [1.807, 2.05) is 11.3 Å². The number of hydrogen-bond acceptors (Lipinski definition) is 2. The maximum absolute atomic E-state index is 2.43. The van der Waals surface area contributed by atoms with Crippen LogP contribution in [0.3, 0.4) is 0 Å². The Morgan fingerprint density at radius 3 is 1.96 bits per heavy atom. The lowest BCUT2D eigenvalue weighted by Gasteiger charge is -2.28.